The highest BCUT2D eigenvalue weighted by Crippen LogP contribution is 2.23. The lowest BCUT2D eigenvalue weighted by molar-refractivity contribution is 0.607. The molecule has 0 aliphatic carbocycles. The van der Waals surface area contributed by atoms with Crippen LogP contribution in [-0.2, 0) is 0 Å². The average molecular weight is 213 g/mol. The Hall–Kier alpha value is -2.50. The number of nitrogens with two attached hydrogens (primary N) is 1. The number of rotatable bonds is 1. The number of hydrogen-bond acceptors (Lipinski definition) is 6. The van der Waals surface area contributed by atoms with E-state index in [9.17, 15) is 0 Å². The van der Waals surface area contributed by atoms with Crippen LogP contribution in [0.1, 0.15) is 0 Å². The second kappa shape index (κ2) is 3.27. The zero-order chi connectivity index (χ0) is 11.0. The van der Waals surface area contributed by atoms with E-state index in [-0.39, 0.29) is 0 Å². The third-order valence-electron chi connectivity index (χ3n) is 2.13. The Labute approximate surface area is 90.2 Å². The molecule has 6 heteroatoms. The van der Waals surface area contributed by atoms with E-state index in [1.54, 1.807) is 18.5 Å². The molecule has 0 fully saturated rings. The fourth-order valence-corrected chi connectivity index (χ4v) is 1.38. The van der Waals surface area contributed by atoms with E-state index in [4.69, 9.17) is 10.2 Å². The third kappa shape index (κ3) is 1.28. The number of oxazole rings is 1. The van der Waals surface area contributed by atoms with Gasteiger partial charge in [-0.05, 0) is 12.1 Å². The van der Waals surface area contributed by atoms with Crippen molar-refractivity contribution in [2.45, 2.75) is 0 Å². The lowest BCUT2D eigenvalue weighted by atomic mass is 10.3. The van der Waals surface area contributed by atoms with Gasteiger partial charge in [0.1, 0.15) is 6.33 Å². The predicted molar refractivity (Wildman–Crippen MR) is 57.2 cm³/mol. The van der Waals surface area contributed by atoms with E-state index in [1.165, 1.54) is 6.33 Å². The van der Waals surface area contributed by atoms with Crippen LogP contribution in [0.2, 0.25) is 0 Å². The number of pyridine rings is 1. The van der Waals surface area contributed by atoms with Gasteiger partial charge < -0.3 is 10.2 Å². The van der Waals surface area contributed by atoms with Crippen LogP contribution in [0.25, 0.3) is 22.7 Å². The van der Waals surface area contributed by atoms with Gasteiger partial charge in [-0.25, -0.2) is 9.97 Å². The maximum atomic E-state index is 5.66. The van der Waals surface area contributed by atoms with Gasteiger partial charge in [-0.3, -0.25) is 4.98 Å². The lowest BCUT2D eigenvalue weighted by Gasteiger charge is -1.90. The molecule has 0 amide bonds. The molecular weight excluding hydrogens is 206 g/mol. The summed E-state index contributed by atoms with van der Waals surface area (Å²) < 4.78 is 5.45. The molecule has 0 aliphatic heterocycles. The van der Waals surface area contributed by atoms with Crippen LogP contribution in [0, 0.1) is 0 Å². The molecule has 0 aromatic carbocycles. The fraction of sp³-hybridized carbons (Fsp3) is 0. The summed E-state index contributed by atoms with van der Waals surface area (Å²) >= 11 is 0. The van der Waals surface area contributed by atoms with E-state index in [0.29, 0.717) is 22.9 Å². The van der Waals surface area contributed by atoms with E-state index < -0.39 is 0 Å². The van der Waals surface area contributed by atoms with Gasteiger partial charge in [-0.15, -0.1) is 0 Å². The maximum absolute atomic E-state index is 5.66. The Morgan fingerprint density at radius 2 is 2.19 bits per heavy atom. The van der Waals surface area contributed by atoms with Crippen molar-refractivity contribution in [2.24, 2.45) is 0 Å². The van der Waals surface area contributed by atoms with Gasteiger partial charge in [0.2, 0.25) is 5.89 Å². The Morgan fingerprint density at radius 1 is 1.25 bits per heavy atom. The number of aromatic nitrogens is 4. The molecule has 78 valence electrons. The first kappa shape index (κ1) is 8.78. The molecule has 0 radical (unpaired) electrons. The van der Waals surface area contributed by atoms with Crippen LogP contribution in [0.3, 0.4) is 0 Å². The van der Waals surface area contributed by atoms with Crippen molar-refractivity contribution in [3.8, 4) is 11.5 Å². The van der Waals surface area contributed by atoms with Crippen molar-refractivity contribution in [3.05, 3.63) is 30.9 Å². The largest absolute Gasteiger partial charge is 0.417 e. The molecule has 0 bridgehead atoms. The Balaban J connectivity index is 2.23. The second-order valence-electron chi connectivity index (χ2n) is 3.17. The van der Waals surface area contributed by atoms with Crippen molar-refractivity contribution in [3.63, 3.8) is 0 Å². The summed E-state index contributed by atoms with van der Waals surface area (Å²) in [5, 5.41) is 0. The van der Waals surface area contributed by atoms with E-state index in [2.05, 4.69) is 19.9 Å². The van der Waals surface area contributed by atoms with E-state index >= 15 is 0 Å². The predicted octanol–water partition coefficient (Wildman–Crippen LogP) is 1.26. The quantitative estimate of drug-likeness (QED) is 0.654. The number of anilines is 1. The second-order valence-corrected chi connectivity index (χ2v) is 3.17. The highest BCUT2D eigenvalue weighted by molar-refractivity contribution is 5.81. The monoisotopic (exact) mass is 213 g/mol. The van der Waals surface area contributed by atoms with Gasteiger partial charge >= 0.3 is 0 Å². The maximum Gasteiger partial charge on any atom is 0.252 e. The van der Waals surface area contributed by atoms with Crippen molar-refractivity contribution in [1.82, 2.24) is 19.9 Å². The normalized spacial score (nSPS) is 10.8. The minimum absolute atomic E-state index is 0.309. The van der Waals surface area contributed by atoms with Crippen LogP contribution in [0.5, 0.6) is 0 Å². The molecule has 0 atom stereocenters. The van der Waals surface area contributed by atoms with Crippen LogP contribution in [0.4, 0.5) is 5.82 Å². The first-order chi connectivity index (χ1) is 7.84. The molecule has 0 saturated carbocycles. The van der Waals surface area contributed by atoms with E-state index in [1.807, 2.05) is 6.07 Å². The van der Waals surface area contributed by atoms with Crippen molar-refractivity contribution in [2.75, 3.05) is 5.73 Å². The van der Waals surface area contributed by atoms with Crippen LogP contribution in [0.15, 0.2) is 35.3 Å². The van der Waals surface area contributed by atoms with Crippen LogP contribution >= 0.6 is 0 Å². The van der Waals surface area contributed by atoms with Crippen LogP contribution < -0.4 is 5.73 Å². The average Bonchev–Trinajstić information content (AvgIpc) is 2.76. The van der Waals surface area contributed by atoms with Gasteiger partial charge in [-0.1, -0.05) is 0 Å². The first-order valence-corrected chi connectivity index (χ1v) is 4.62. The molecule has 0 spiro atoms. The number of nitrogens with zero attached hydrogens (tertiary/aromatic N) is 4. The molecule has 3 aromatic heterocycles. The van der Waals surface area contributed by atoms with Crippen molar-refractivity contribution in [1.29, 1.82) is 0 Å². The lowest BCUT2D eigenvalue weighted by Crippen LogP contribution is -1.91. The third-order valence-corrected chi connectivity index (χ3v) is 2.13. The van der Waals surface area contributed by atoms with Gasteiger partial charge in [0.15, 0.2) is 11.3 Å². The standard InChI is InChI=1S/C10H7N5O/c11-8-7-10(14-5-13-8)16-9(15-7)6-2-1-3-12-4-6/h1-5H,(H2,11,13,14). The zero-order valence-electron chi connectivity index (χ0n) is 8.16. The smallest absolute Gasteiger partial charge is 0.252 e. The summed E-state index contributed by atoms with van der Waals surface area (Å²) in [5.41, 5.74) is 7.29. The van der Waals surface area contributed by atoms with Gasteiger partial charge in [0, 0.05) is 12.4 Å². The summed E-state index contributed by atoms with van der Waals surface area (Å²) in [7, 11) is 0. The molecule has 3 aromatic rings. The van der Waals surface area contributed by atoms with Gasteiger partial charge in [0.25, 0.3) is 5.71 Å². The SMILES string of the molecule is Nc1ncnc2oc(-c3cccnc3)nc12. The summed E-state index contributed by atoms with van der Waals surface area (Å²) in [4.78, 5) is 16.0. The molecule has 3 rings (SSSR count). The highest BCUT2D eigenvalue weighted by atomic mass is 16.4. The molecule has 16 heavy (non-hydrogen) atoms. The Morgan fingerprint density at radius 3 is 2.94 bits per heavy atom. The number of nitrogen functional groups attached to an aromatic ring is 1. The summed E-state index contributed by atoms with van der Waals surface area (Å²) in [5.74, 6) is 0.749. The molecule has 0 saturated heterocycles. The highest BCUT2D eigenvalue weighted by Gasteiger charge is 2.11. The minimum atomic E-state index is 0.309. The first-order valence-electron chi connectivity index (χ1n) is 4.62. The van der Waals surface area contributed by atoms with Gasteiger partial charge in [-0.2, -0.15) is 4.98 Å². The molecule has 2 N–H and O–H groups in total. The topological polar surface area (TPSA) is 90.7 Å². The fourth-order valence-electron chi connectivity index (χ4n) is 1.38. The van der Waals surface area contributed by atoms with Crippen molar-refractivity contribution < 1.29 is 4.42 Å². The summed E-state index contributed by atoms with van der Waals surface area (Å²) in [6.07, 6.45) is 4.69. The Kier molecular flexibility index (Phi) is 1.79. The molecule has 0 unspecified atom stereocenters. The number of fused-ring (bicyclic) bond motifs is 1. The zero-order valence-corrected chi connectivity index (χ0v) is 8.16. The molecule has 6 nitrogen and oxygen atoms in total. The van der Waals surface area contributed by atoms with Crippen LogP contribution in [-0.4, -0.2) is 19.9 Å². The summed E-state index contributed by atoms with van der Waals surface area (Å²) in [6, 6.07) is 3.65. The summed E-state index contributed by atoms with van der Waals surface area (Å²) in [6.45, 7) is 0. The van der Waals surface area contributed by atoms with Crippen molar-refractivity contribution >= 4 is 17.0 Å². The Bertz CT molecular complexity index is 634. The minimum Gasteiger partial charge on any atom is -0.417 e. The van der Waals surface area contributed by atoms with Gasteiger partial charge in [0.05, 0.1) is 5.56 Å². The molecular formula is C10H7N5O. The van der Waals surface area contributed by atoms with E-state index in [0.717, 1.165) is 5.56 Å². The molecule has 0 aliphatic rings. The number of hydrogen-bond donors (Lipinski definition) is 1. The molecule has 3 heterocycles.